The van der Waals surface area contributed by atoms with Crippen LogP contribution in [0.25, 0.3) is 0 Å². The maximum atomic E-state index is 13.3. The molecule has 2 N–H and O–H groups in total. The molecule has 0 saturated carbocycles. The molecule has 2 aromatic rings. The second-order valence-corrected chi connectivity index (χ2v) is 4.53. The number of rotatable bonds is 3. The van der Waals surface area contributed by atoms with E-state index >= 15 is 0 Å². The Balaban J connectivity index is 2.14. The molecule has 0 aliphatic heterocycles. The molecule has 21 heavy (non-hydrogen) atoms. The molecule has 0 unspecified atom stereocenters. The molecule has 0 amide bonds. The summed E-state index contributed by atoms with van der Waals surface area (Å²) >= 11 is 0. The zero-order valence-electron chi connectivity index (χ0n) is 10.7. The first kappa shape index (κ1) is 15.0. The van der Waals surface area contributed by atoms with Crippen LogP contribution >= 0.6 is 0 Å². The molecule has 2 rings (SSSR count). The summed E-state index contributed by atoms with van der Waals surface area (Å²) in [7, 11) is 0. The molecular weight excluding hydrogens is 286 g/mol. The zero-order valence-corrected chi connectivity index (χ0v) is 10.7. The number of hydrogen-bond acceptors (Lipinski definition) is 2. The Hall–Kier alpha value is -2.37. The van der Waals surface area contributed by atoms with Crippen LogP contribution in [-0.2, 0) is 12.6 Å². The number of anilines is 1. The standard InChI is InChI=1S/C15H11F4NO/c16-12-8-10(3-6-13(12)20)14(21)7-9-1-4-11(5-2-9)15(17,18)19/h1-6,8H,7,20H2. The average Bonchev–Trinajstić information content (AvgIpc) is 2.41. The van der Waals surface area contributed by atoms with E-state index in [0.717, 1.165) is 18.2 Å². The largest absolute Gasteiger partial charge is 0.416 e. The van der Waals surface area contributed by atoms with E-state index in [9.17, 15) is 22.4 Å². The minimum absolute atomic E-state index is 0.0684. The molecule has 2 nitrogen and oxygen atoms in total. The highest BCUT2D eigenvalue weighted by Gasteiger charge is 2.29. The fraction of sp³-hybridized carbons (Fsp3) is 0.133. The van der Waals surface area contributed by atoms with Crippen molar-refractivity contribution in [1.82, 2.24) is 0 Å². The summed E-state index contributed by atoms with van der Waals surface area (Å²) in [6, 6.07) is 7.95. The topological polar surface area (TPSA) is 43.1 Å². The lowest BCUT2D eigenvalue weighted by molar-refractivity contribution is -0.137. The predicted molar refractivity (Wildman–Crippen MR) is 70.3 cm³/mol. The van der Waals surface area contributed by atoms with Gasteiger partial charge in [-0.25, -0.2) is 4.39 Å². The second-order valence-electron chi connectivity index (χ2n) is 4.53. The number of carbonyl (C=O) groups is 1. The number of carbonyl (C=O) groups excluding carboxylic acids is 1. The van der Waals surface area contributed by atoms with Gasteiger partial charge in [-0.15, -0.1) is 0 Å². The average molecular weight is 297 g/mol. The predicted octanol–water partition coefficient (Wildman–Crippen LogP) is 3.85. The SMILES string of the molecule is Nc1ccc(C(=O)Cc2ccc(C(F)(F)F)cc2)cc1F. The molecule has 0 aliphatic carbocycles. The van der Waals surface area contributed by atoms with Crippen LogP contribution in [0.5, 0.6) is 0 Å². The van der Waals surface area contributed by atoms with Crippen LogP contribution in [0.4, 0.5) is 23.2 Å². The van der Waals surface area contributed by atoms with E-state index in [4.69, 9.17) is 5.73 Å². The van der Waals surface area contributed by atoms with E-state index in [1.807, 2.05) is 0 Å². The lowest BCUT2D eigenvalue weighted by Gasteiger charge is -2.07. The van der Waals surface area contributed by atoms with Crippen molar-refractivity contribution in [1.29, 1.82) is 0 Å². The van der Waals surface area contributed by atoms with Crippen molar-refractivity contribution in [3.05, 3.63) is 65.0 Å². The molecular formula is C15H11F4NO. The van der Waals surface area contributed by atoms with Gasteiger partial charge in [-0.1, -0.05) is 12.1 Å². The van der Waals surface area contributed by atoms with Crippen molar-refractivity contribution in [2.24, 2.45) is 0 Å². The van der Waals surface area contributed by atoms with Gasteiger partial charge in [0.05, 0.1) is 11.3 Å². The van der Waals surface area contributed by atoms with Gasteiger partial charge in [-0.3, -0.25) is 4.79 Å². The van der Waals surface area contributed by atoms with Crippen LogP contribution in [0.2, 0.25) is 0 Å². The van der Waals surface area contributed by atoms with Crippen LogP contribution in [-0.4, -0.2) is 5.78 Å². The Morgan fingerprint density at radius 3 is 2.19 bits per heavy atom. The summed E-state index contributed by atoms with van der Waals surface area (Å²) in [5, 5.41) is 0. The number of benzene rings is 2. The number of Topliss-reactive ketones (excluding diaryl/α,β-unsaturated/α-hetero) is 1. The van der Waals surface area contributed by atoms with Gasteiger partial charge in [0.1, 0.15) is 5.82 Å². The smallest absolute Gasteiger partial charge is 0.396 e. The number of halogens is 4. The molecule has 0 spiro atoms. The number of alkyl halides is 3. The van der Waals surface area contributed by atoms with E-state index < -0.39 is 23.3 Å². The molecule has 0 heterocycles. The first-order valence-electron chi connectivity index (χ1n) is 6.02. The fourth-order valence-corrected chi connectivity index (χ4v) is 1.80. The van der Waals surface area contributed by atoms with E-state index in [-0.39, 0.29) is 17.7 Å². The fourth-order valence-electron chi connectivity index (χ4n) is 1.80. The zero-order chi connectivity index (χ0) is 15.6. The summed E-state index contributed by atoms with van der Waals surface area (Å²) in [6.07, 6.45) is -4.52. The quantitative estimate of drug-likeness (QED) is 0.531. The van der Waals surface area contributed by atoms with Crippen molar-refractivity contribution in [3.63, 3.8) is 0 Å². The van der Waals surface area contributed by atoms with Crippen molar-refractivity contribution in [2.75, 3.05) is 5.73 Å². The number of nitrogen functional groups attached to an aromatic ring is 1. The van der Waals surface area contributed by atoms with Gasteiger partial charge in [0.15, 0.2) is 5.78 Å². The van der Waals surface area contributed by atoms with Crippen LogP contribution in [0.15, 0.2) is 42.5 Å². The molecule has 110 valence electrons. The van der Waals surface area contributed by atoms with Gasteiger partial charge < -0.3 is 5.73 Å². The number of hydrogen-bond donors (Lipinski definition) is 1. The highest BCUT2D eigenvalue weighted by molar-refractivity contribution is 5.97. The molecule has 0 saturated heterocycles. The summed E-state index contributed by atoms with van der Waals surface area (Å²) in [6.45, 7) is 0. The molecule has 6 heteroatoms. The Bertz CT molecular complexity index is 662. The first-order valence-corrected chi connectivity index (χ1v) is 6.02. The van der Waals surface area contributed by atoms with Gasteiger partial charge in [-0.05, 0) is 35.9 Å². The van der Waals surface area contributed by atoms with Crippen molar-refractivity contribution >= 4 is 11.5 Å². The third kappa shape index (κ3) is 3.59. The summed E-state index contributed by atoms with van der Waals surface area (Å²) < 4.78 is 50.5. The lowest BCUT2D eigenvalue weighted by Crippen LogP contribution is -2.07. The van der Waals surface area contributed by atoms with Crippen LogP contribution in [0, 0.1) is 5.82 Å². The van der Waals surface area contributed by atoms with E-state index in [1.165, 1.54) is 24.3 Å². The normalized spacial score (nSPS) is 11.4. The summed E-state index contributed by atoms with van der Waals surface area (Å²) in [4.78, 5) is 11.9. The van der Waals surface area contributed by atoms with E-state index in [1.54, 1.807) is 0 Å². The van der Waals surface area contributed by atoms with Crippen molar-refractivity contribution in [2.45, 2.75) is 12.6 Å². The summed E-state index contributed by atoms with van der Waals surface area (Å²) in [5.41, 5.74) is 5.01. The van der Waals surface area contributed by atoms with Crippen molar-refractivity contribution in [3.8, 4) is 0 Å². The Labute approximate surface area is 118 Å². The van der Waals surface area contributed by atoms with Gasteiger partial charge in [0.2, 0.25) is 0 Å². The van der Waals surface area contributed by atoms with Gasteiger partial charge >= 0.3 is 6.18 Å². The minimum Gasteiger partial charge on any atom is -0.396 e. The van der Waals surface area contributed by atoms with Crippen molar-refractivity contribution < 1.29 is 22.4 Å². The highest BCUT2D eigenvalue weighted by Crippen LogP contribution is 2.29. The van der Waals surface area contributed by atoms with E-state index in [0.29, 0.717) is 5.56 Å². The van der Waals surface area contributed by atoms with Crippen LogP contribution in [0.1, 0.15) is 21.5 Å². The molecule has 0 bridgehead atoms. The Kier molecular flexibility index (Phi) is 3.97. The minimum atomic E-state index is -4.41. The van der Waals surface area contributed by atoms with Gasteiger partial charge in [0.25, 0.3) is 0 Å². The third-order valence-corrected chi connectivity index (χ3v) is 2.97. The molecule has 0 radical (unpaired) electrons. The Morgan fingerprint density at radius 1 is 1.05 bits per heavy atom. The molecule has 0 atom stereocenters. The molecule has 0 fully saturated rings. The summed E-state index contributed by atoms with van der Waals surface area (Å²) in [5.74, 6) is -1.10. The molecule has 0 aliphatic rings. The molecule has 0 aromatic heterocycles. The number of ketones is 1. The Morgan fingerprint density at radius 2 is 1.67 bits per heavy atom. The van der Waals surface area contributed by atoms with E-state index in [2.05, 4.69) is 0 Å². The van der Waals surface area contributed by atoms with Crippen LogP contribution < -0.4 is 5.73 Å². The second kappa shape index (κ2) is 5.55. The number of nitrogens with two attached hydrogens (primary N) is 1. The maximum Gasteiger partial charge on any atom is 0.416 e. The van der Waals surface area contributed by atoms with Gasteiger partial charge in [0, 0.05) is 12.0 Å². The first-order chi connectivity index (χ1) is 9.77. The monoisotopic (exact) mass is 297 g/mol. The van der Waals surface area contributed by atoms with Gasteiger partial charge in [-0.2, -0.15) is 13.2 Å². The third-order valence-electron chi connectivity index (χ3n) is 2.97. The maximum absolute atomic E-state index is 13.3. The highest BCUT2D eigenvalue weighted by atomic mass is 19.4. The van der Waals surface area contributed by atoms with Crippen LogP contribution in [0.3, 0.4) is 0 Å². The molecule has 2 aromatic carbocycles. The lowest BCUT2D eigenvalue weighted by atomic mass is 10.0.